The first-order valence-corrected chi connectivity index (χ1v) is 7.51. The molecule has 0 aliphatic carbocycles. The fraction of sp³-hybridized carbons (Fsp3) is 0.263. The summed E-state index contributed by atoms with van der Waals surface area (Å²) in [5.74, 6) is 3.03. The Kier molecular flexibility index (Phi) is 5.76. The highest BCUT2D eigenvalue weighted by atomic mass is 16.6. The number of carbonyl (C=O) groups is 1. The number of benzene rings is 1. The average molecular weight is 309 g/mol. The third kappa shape index (κ3) is 4.86. The van der Waals surface area contributed by atoms with Gasteiger partial charge in [-0.15, -0.1) is 6.42 Å². The van der Waals surface area contributed by atoms with Gasteiger partial charge in [0.25, 0.3) is 0 Å². The molecule has 2 rings (SSSR count). The number of terminal acetylenes is 1. The Hall–Kier alpha value is -2.80. The van der Waals surface area contributed by atoms with E-state index in [0.29, 0.717) is 5.75 Å². The molecule has 0 saturated heterocycles. The Labute approximate surface area is 137 Å². The number of aromatic nitrogens is 1. The van der Waals surface area contributed by atoms with E-state index in [0.717, 1.165) is 12.0 Å². The van der Waals surface area contributed by atoms with E-state index in [9.17, 15) is 4.79 Å². The van der Waals surface area contributed by atoms with Crippen LogP contribution in [0.5, 0.6) is 5.75 Å². The zero-order chi connectivity index (χ0) is 16.7. The van der Waals surface area contributed by atoms with Gasteiger partial charge in [0, 0.05) is 18.2 Å². The molecule has 0 spiro atoms. The van der Waals surface area contributed by atoms with Gasteiger partial charge in [-0.05, 0) is 18.9 Å². The predicted molar refractivity (Wildman–Crippen MR) is 88.8 cm³/mol. The van der Waals surface area contributed by atoms with E-state index in [4.69, 9.17) is 11.2 Å². The fourth-order valence-electron chi connectivity index (χ4n) is 2.28. The summed E-state index contributed by atoms with van der Waals surface area (Å²) >= 11 is 0. The number of aryl methyl sites for hydroxylation is 1. The maximum absolute atomic E-state index is 12.4. The lowest BCUT2D eigenvalue weighted by Crippen LogP contribution is -2.42. The lowest BCUT2D eigenvalue weighted by atomic mass is 10.1. The van der Waals surface area contributed by atoms with Crippen LogP contribution in [-0.4, -0.2) is 23.6 Å². The highest BCUT2D eigenvalue weighted by Gasteiger charge is 2.21. The molecule has 0 aliphatic heterocycles. The Morgan fingerprint density at radius 3 is 2.52 bits per heavy atom. The van der Waals surface area contributed by atoms with Gasteiger partial charge in [0.15, 0.2) is 12.4 Å². The molecule has 0 N–H and O–H groups in total. The third-order valence-electron chi connectivity index (χ3n) is 3.56. The Morgan fingerprint density at radius 1 is 1.26 bits per heavy atom. The number of hydrogen-bond acceptors (Lipinski definition) is 2. The van der Waals surface area contributed by atoms with Crippen LogP contribution in [0.3, 0.4) is 0 Å². The summed E-state index contributed by atoms with van der Waals surface area (Å²) in [4.78, 5) is 14.0. The quantitative estimate of drug-likeness (QED) is 0.628. The number of amides is 1. The molecule has 1 heterocycles. The molecule has 0 fully saturated rings. The smallest absolute Gasteiger partial charge is 0.410 e. The van der Waals surface area contributed by atoms with E-state index < -0.39 is 6.09 Å². The molecule has 4 heteroatoms. The van der Waals surface area contributed by atoms with E-state index >= 15 is 0 Å². The molecule has 0 aliphatic rings. The molecule has 0 saturated carbocycles. The zero-order valence-electron chi connectivity index (χ0n) is 13.5. The molecule has 4 nitrogen and oxygen atoms in total. The van der Waals surface area contributed by atoms with Crippen molar-refractivity contribution in [3.05, 3.63) is 60.4 Å². The fourth-order valence-corrected chi connectivity index (χ4v) is 2.28. The van der Waals surface area contributed by atoms with Gasteiger partial charge in [-0.2, -0.15) is 0 Å². The zero-order valence-corrected chi connectivity index (χ0v) is 13.5. The highest BCUT2D eigenvalue weighted by Crippen LogP contribution is 2.13. The van der Waals surface area contributed by atoms with Crippen molar-refractivity contribution in [2.75, 3.05) is 6.54 Å². The second kappa shape index (κ2) is 8.00. The molecule has 1 atom stereocenters. The second-order valence-corrected chi connectivity index (χ2v) is 5.44. The van der Waals surface area contributed by atoms with Crippen molar-refractivity contribution < 1.29 is 14.1 Å². The van der Waals surface area contributed by atoms with Crippen LogP contribution in [0.2, 0.25) is 0 Å². The summed E-state index contributed by atoms with van der Waals surface area (Å²) in [5.41, 5.74) is 1.15. The first-order valence-electron chi connectivity index (χ1n) is 7.51. The van der Waals surface area contributed by atoms with Crippen LogP contribution in [0.1, 0.15) is 12.5 Å². The van der Waals surface area contributed by atoms with E-state index in [1.165, 1.54) is 0 Å². The molecule has 1 aromatic heterocycles. The third-order valence-corrected chi connectivity index (χ3v) is 3.56. The van der Waals surface area contributed by atoms with Gasteiger partial charge in [0.2, 0.25) is 0 Å². The Balaban J connectivity index is 2.05. The van der Waals surface area contributed by atoms with Gasteiger partial charge in [-0.25, -0.2) is 9.36 Å². The van der Waals surface area contributed by atoms with Crippen molar-refractivity contribution in [2.24, 2.45) is 7.05 Å². The molecule has 2 aromatic rings. The molecule has 1 unspecified atom stereocenters. The normalized spacial score (nSPS) is 11.3. The summed E-state index contributed by atoms with van der Waals surface area (Å²) in [5, 5.41) is 0. The average Bonchev–Trinajstić information content (AvgIpc) is 2.55. The number of rotatable bonds is 5. The number of hydrogen-bond donors (Lipinski definition) is 0. The van der Waals surface area contributed by atoms with E-state index in [1.807, 2.05) is 61.3 Å². The molecule has 0 bridgehead atoms. The van der Waals surface area contributed by atoms with Crippen LogP contribution in [0.15, 0.2) is 54.9 Å². The van der Waals surface area contributed by atoms with Crippen LogP contribution in [-0.2, 0) is 13.5 Å². The molecule has 1 amide bonds. The predicted octanol–water partition coefficient (Wildman–Crippen LogP) is 2.58. The summed E-state index contributed by atoms with van der Waals surface area (Å²) in [6.07, 6.45) is 9.34. The van der Waals surface area contributed by atoms with Crippen LogP contribution < -0.4 is 9.30 Å². The highest BCUT2D eigenvalue weighted by molar-refractivity contribution is 5.71. The van der Waals surface area contributed by atoms with Crippen molar-refractivity contribution in [2.45, 2.75) is 19.4 Å². The van der Waals surface area contributed by atoms with Crippen LogP contribution >= 0.6 is 0 Å². The molecular formula is C19H21N2O2+. The largest absolute Gasteiger partial charge is 0.416 e. The SMILES string of the molecule is C#CCN(C(=O)Oc1cc[n+](C)cc1)C(C)Cc1ccccc1. The maximum atomic E-state index is 12.4. The van der Waals surface area contributed by atoms with Crippen LogP contribution in [0.25, 0.3) is 0 Å². The molecule has 23 heavy (non-hydrogen) atoms. The molecule has 0 radical (unpaired) electrons. The summed E-state index contributed by atoms with van der Waals surface area (Å²) in [6, 6.07) is 13.4. The Morgan fingerprint density at radius 2 is 1.91 bits per heavy atom. The minimum atomic E-state index is -0.430. The van der Waals surface area contributed by atoms with Gasteiger partial charge in [-0.3, -0.25) is 4.90 Å². The second-order valence-electron chi connectivity index (χ2n) is 5.44. The molecular weight excluding hydrogens is 288 g/mol. The van der Waals surface area contributed by atoms with Crippen molar-refractivity contribution in [3.8, 4) is 18.1 Å². The van der Waals surface area contributed by atoms with Crippen LogP contribution in [0.4, 0.5) is 4.79 Å². The van der Waals surface area contributed by atoms with Gasteiger partial charge in [-0.1, -0.05) is 36.3 Å². The van der Waals surface area contributed by atoms with E-state index in [2.05, 4.69) is 5.92 Å². The first kappa shape index (κ1) is 16.6. The summed E-state index contributed by atoms with van der Waals surface area (Å²) < 4.78 is 7.29. The Bertz CT molecular complexity index is 675. The lowest BCUT2D eigenvalue weighted by molar-refractivity contribution is -0.671. The van der Waals surface area contributed by atoms with Crippen LogP contribution in [0, 0.1) is 12.3 Å². The van der Waals surface area contributed by atoms with Crippen molar-refractivity contribution >= 4 is 6.09 Å². The summed E-state index contributed by atoms with van der Waals surface area (Å²) in [6.45, 7) is 2.18. The number of ether oxygens (including phenoxy) is 1. The lowest BCUT2D eigenvalue weighted by Gasteiger charge is -2.26. The molecule has 1 aromatic carbocycles. The van der Waals surface area contributed by atoms with Gasteiger partial charge in [0.1, 0.15) is 12.8 Å². The number of nitrogens with zero attached hydrogens (tertiary/aromatic N) is 2. The van der Waals surface area contributed by atoms with E-state index in [-0.39, 0.29) is 12.6 Å². The van der Waals surface area contributed by atoms with Crippen molar-refractivity contribution in [1.82, 2.24) is 4.90 Å². The van der Waals surface area contributed by atoms with Gasteiger partial charge < -0.3 is 4.74 Å². The van der Waals surface area contributed by atoms with Gasteiger partial charge >= 0.3 is 6.09 Å². The van der Waals surface area contributed by atoms with Gasteiger partial charge in [0.05, 0.1) is 6.54 Å². The van der Waals surface area contributed by atoms with Crippen molar-refractivity contribution in [1.29, 1.82) is 0 Å². The number of pyridine rings is 1. The number of carbonyl (C=O) groups excluding carboxylic acids is 1. The topological polar surface area (TPSA) is 33.4 Å². The maximum Gasteiger partial charge on any atom is 0.416 e. The van der Waals surface area contributed by atoms with E-state index in [1.54, 1.807) is 17.0 Å². The minimum Gasteiger partial charge on any atom is -0.410 e. The standard InChI is InChI=1S/C19H21N2O2/c1-4-12-21(16(2)15-17-8-6-5-7-9-17)19(22)23-18-10-13-20(3)14-11-18/h1,5-11,13-14,16H,12,15H2,2-3H3/q+1. The molecule has 118 valence electrons. The first-order chi connectivity index (χ1) is 11.1. The monoisotopic (exact) mass is 309 g/mol. The summed E-state index contributed by atoms with van der Waals surface area (Å²) in [7, 11) is 1.90. The minimum absolute atomic E-state index is 0.0548. The van der Waals surface area contributed by atoms with Crippen molar-refractivity contribution in [3.63, 3.8) is 0 Å².